The van der Waals surface area contributed by atoms with Gasteiger partial charge in [-0.1, -0.05) is 0 Å². The standard InChI is InChI=1S/C13H19N3O/c14-9-10-4-5-15-13(8-10)16-6-7-17-12-3-1-2-11(12)16/h4-5,8,11-12H,1-3,6-7,9,14H2. The van der Waals surface area contributed by atoms with Crippen molar-refractivity contribution in [3.63, 3.8) is 0 Å². The van der Waals surface area contributed by atoms with Crippen LogP contribution in [0.4, 0.5) is 5.82 Å². The number of aromatic nitrogens is 1. The van der Waals surface area contributed by atoms with Crippen LogP contribution in [0.3, 0.4) is 0 Å². The molecule has 3 rings (SSSR count). The maximum absolute atomic E-state index is 5.82. The van der Waals surface area contributed by atoms with E-state index in [1.807, 2.05) is 12.3 Å². The van der Waals surface area contributed by atoms with E-state index in [0.29, 0.717) is 18.7 Å². The summed E-state index contributed by atoms with van der Waals surface area (Å²) in [6, 6.07) is 4.61. The van der Waals surface area contributed by atoms with Crippen molar-refractivity contribution in [2.24, 2.45) is 5.73 Å². The van der Waals surface area contributed by atoms with Crippen LogP contribution in [-0.2, 0) is 11.3 Å². The smallest absolute Gasteiger partial charge is 0.129 e. The van der Waals surface area contributed by atoms with Crippen LogP contribution in [-0.4, -0.2) is 30.3 Å². The average molecular weight is 233 g/mol. The SMILES string of the molecule is NCc1ccnc(N2CCOC3CCCC32)c1. The number of nitrogens with two attached hydrogens (primary N) is 1. The molecule has 2 heterocycles. The van der Waals surface area contributed by atoms with E-state index in [1.165, 1.54) is 19.3 Å². The van der Waals surface area contributed by atoms with Crippen LogP contribution in [0.1, 0.15) is 24.8 Å². The van der Waals surface area contributed by atoms with Crippen molar-refractivity contribution < 1.29 is 4.74 Å². The molecule has 1 saturated heterocycles. The van der Waals surface area contributed by atoms with Crippen molar-refractivity contribution in [1.82, 2.24) is 4.98 Å². The highest BCUT2D eigenvalue weighted by molar-refractivity contribution is 5.43. The Bertz CT molecular complexity index is 396. The van der Waals surface area contributed by atoms with Gasteiger partial charge in [0.1, 0.15) is 5.82 Å². The van der Waals surface area contributed by atoms with E-state index in [0.717, 1.165) is 24.5 Å². The van der Waals surface area contributed by atoms with Crippen molar-refractivity contribution in [3.05, 3.63) is 23.9 Å². The minimum atomic E-state index is 0.409. The first-order chi connectivity index (χ1) is 8.38. The van der Waals surface area contributed by atoms with Crippen molar-refractivity contribution in [2.45, 2.75) is 38.0 Å². The van der Waals surface area contributed by atoms with Gasteiger partial charge in [-0.3, -0.25) is 0 Å². The lowest BCUT2D eigenvalue weighted by molar-refractivity contribution is 0.0253. The highest BCUT2D eigenvalue weighted by atomic mass is 16.5. The average Bonchev–Trinajstić information content (AvgIpc) is 2.87. The summed E-state index contributed by atoms with van der Waals surface area (Å²) >= 11 is 0. The fourth-order valence-corrected chi connectivity index (χ4v) is 2.95. The van der Waals surface area contributed by atoms with Crippen molar-refractivity contribution in [3.8, 4) is 0 Å². The largest absolute Gasteiger partial charge is 0.374 e. The lowest BCUT2D eigenvalue weighted by Crippen LogP contribution is -2.49. The molecule has 1 aliphatic carbocycles. The van der Waals surface area contributed by atoms with E-state index in [4.69, 9.17) is 10.5 Å². The zero-order chi connectivity index (χ0) is 11.7. The van der Waals surface area contributed by atoms with Gasteiger partial charge in [-0.25, -0.2) is 4.98 Å². The first-order valence-corrected chi connectivity index (χ1v) is 6.42. The second kappa shape index (κ2) is 4.63. The summed E-state index contributed by atoms with van der Waals surface area (Å²) in [5, 5.41) is 0. The van der Waals surface area contributed by atoms with E-state index in [1.54, 1.807) is 0 Å². The summed E-state index contributed by atoms with van der Waals surface area (Å²) in [5.41, 5.74) is 6.83. The topological polar surface area (TPSA) is 51.4 Å². The first-order valence-electron chi connectivity index (χ1n) is 6.42. The number of ether oxygens (including phenoxy) is 1. The molecule has 0 aromatic carbocycles. The van der Waals surface area contributed by atoms with Crippen LogP contribution in [0.25, 0.3) is 0 Å². The van der Waals surface area contributed by atoms with Gasteiger partial charge in [0.15, 0.2) is 0 Å². The predicted octanol–water partition coefficient (Wildman–Crippen LogP) is 1.30. The Morgan fingerprint density at radius 3 is 3.29 bits per heavy atom. The molecular weight excluding hydrogens is 214 g/mol. The number of rotatable bonds is 2. The zero-order valence-corrected chi connectivity index (χ0v) is 10.0. The summed E-state index contributed by atoms with van der Waals surface area (Å²) in [5.74, 6) is 1.06. The van der Waals surface area contributed by atoms with E-state index >= 15 is 0 Å². The molecular formula is C13H19N3O. The molecule has 17 heavy (non-hydrogen) atoms. The molecule has 4 nitrogen and oxygen atoms in total. The van der Waals surface area contributed by atoms with Crippen LogP contribution in [0, 0.1) is 0 Å². The van der Waals surface area contributed by atoms with Gasteiger partial charge in [0, 0.05) is 19.3 Å². The maximum Gasteiger partial charge on any atom is 0.129 e. The Morgan fingerprint density at radius 1 is 1.47 bits per heavy atom. The van der Waals surface area contributed by atoms with E-state index in [2.05, 4.69) is 16.0 Å². The quantitative estimate of drug-likeness (QED) is 0.836. The molecule has 1 aromatic heterocycles. The fraction of sp³-hybridized carbons (Fsp3) is 0.615. The van der Waals surface area contributed by atoms with E-state index in [-0.39, 0.29) is 0 Å². The predicted molar refractivity (Wildman–Crippen MR) is 66.9 cm³/mol. The van der Waals surface area contributed by atoms with Gasteiger partial charge in [0.05, 0.1) is 18.8 Å². The molecule has 2 N–H and O–H groups in total. The van der Waals surface area contributed by atoms with Gasteiger partial charge >= 0.3 is 0 Å². The number of hydrogen-bond acceptors (Lipinski definition) is 4. The Kier molecular flexibility index (Phi) is 2.99. The second-order valence-electron chi connectivity index (χ2n) is 4.83. The van der Waals surface area contributed by atoms with Crippen LogP contribution < -0.4 is 10.6 Å². The number of morpholine rings is 1. The molecule has 2 aliphatic rings. The number of pyridine rings is 1. The lowest BCUT2D eigenvalue weighted by atomic mass is 10.1. The molecule has 1 saturated carbocycles. The van der Waals surface area contributed by atoms with Crippen molar-refractivity contribution in [1.29, 1.82) is 0 Å². The Balaban J connectivity index is 1.86. The van der Waals surface area contributed by atoms with Crippen molar-refractivity contribution in [2.75, 3.05) is 18.1 Å². The molecule has 0 bridgehead atoms. The molecule has 2 unspecified atom stereocenters. The van der Waals surface area contributed by atoms with E-state index < -0.39 is 0 Å². The third-order valence-corrected chi connectivity index (χ3v) is 3.82. The molecule has 0 amide bonds. The fourth-order valence-electron chi connectivity index (χ4n) is 2.95. The third-order valence-electron chi connectivity index (χ3n) is 3.82. The highest BCUT2D eigenvalue weighted by Crippen LogP contribution is 2.32. The molecule has 4 heteroatoms. The summed E-state index contributed by atoms with van der Waals surface area (Å²) in [6.45, 7) is 2.34. The molecule has 0 spiro atoms. The normalized spacial score (nSPS) is 28.2. The third kappa shape index (κ3) is 2.03. The number of fused-ring (bicyclic) bond motifs is 1. The summed E-state index contributed by atoms with van der Waals surface area (Å²) in [6.07, 6.45) is 5.95. The van der Waals surface area contributed by atoms with Gasteiger partial charge in [-0.15, -0.1) is 0 Å². The van der Waals surface area contributed by atoms with Crippen LogP contribution >= 0.6 is 0 Å². The van der Waals surface area contributed by atoms with Crippen LogP contribution in [0.15, 0.2) is 18.3 Å². The summed E-state index contributed by atoms with van der Waals surface area (Å²) < 4.78 is 5.82. The number of anilines is 1. The molecule has 2 fully saturated rings. The van der Waals surface area contributed by atoms with Gasteiger partial charge in [0.25, 0.3) is 0 Å². The Labute approximate surface area is 102 Å². The zero-order valence-electron chi connectivity index (χ0n) is 10.0. The summed E-state index contributed by atoms with van der Waals surface area (Å²) in [4.78, 5) is 6.89. The lowest BCUT2D eigenvalue weighted by Gasteiger charge is -2.38. The molecule has 92 valence electrons. The minimum Gasteiger partial charge on any atom is -0.374 e. The van der Waals surface area contributed by atoms with Gasteiger partial charge in [-0.05, 0) is 37.0 Å². The van der Waals surface area contributed by atoms with Crippen LogP contribution in [0.2, 0.25) is 0 Å². The molecule has 1 aromatic rings. The van der Waals surface area contributed by atoms with E-state index in [9.17, 15) is 0 Å². The van der Waals surface area contributed by atoms with Gasteiger partial charge in [0.2, 0.25) is 0 Å². The van der Waals surface area contributed by atoms with Crippen molar-refractivity contribution >= 4 is 5.82 Å². The van der Waals surface area contributed by atoms with Crippen LogP contribution in [0.5, 0.6) is 0 Å². The maximum atomic E-state index is 5.82. The monoisotopic (exact) mass is 233 g/mol. The van der Waals surface area contributed by atoms with Gasteiger partial charge in [-0.2, -0.15) is 0 Å². The Morgan fingerprint density at radius 2 is 2.41 bits per heavy atom. The first kappa shape index (κ1) is 11.0. The van der Waals surface area contributed by atoms with Gasteiger partial charge < -0.3 is 15.4 Å². The molecule has 1 aliphatic heterocycles. The molecule has 2 atom stereocenters. The second-order valence-corrected chi connectivity index (χ2v) is 4.83. The number of nitrogens with zero attached hydrogens (tertiary/aromatic N) is 2. The number of hydrogen-bond donors (Lipinski definition) is 1. The summed E-state index contributed by atoms with van der Waals surface area (Å²) in [7, 11) is 0. The highest BCUT2D eigenvalue weighted by Gasteiger charge is 2.36. The minimum absolute atomic E-state index is 0.409. The molecule has 0 radical (unpaired) electrons. The Hall–Kier alpha value is -1.13.